The van der Waals surface area contributed by atoms with Gasteiger partial charge in [-0.2, -0.15) is 0 Å². The molecule has 0 unspecified atom stereocenters. The molecule has 0 atom stereocenters. The van der Waals surface area contributed by atoms with E-state index in [4.69, 9.17) is 4.74 Å². The van der Waals surface area contributed by atoms with Gasteiger partial charge in [0, 0.05) is 49.7 Å². The summed E-state index contributed by atoms with van der Waals surface area (Å²) >= 11 is 0. The number of nitrogens with one attached hydrogen (secondary N) is 1. The number of aromatic nitrogens is 4. The van der Waals surface area contributed by atoms with E-state index in [-0.39, 0.29) is 23.8 Å². The van der Waals surface area contributed by atoms with E-state index >= 15 is 0 Å². The van der Waals surface area contributed by atoms with Crippen LogP contribution in [0.3, 0.4) is 0 Å². The standard InChI is InChI=1S/C26H29F2N7O2/c1-26(2,16-36)34-10-8-33(9-11-34)18-5-6-20(22(12-18)37-3)31-25-30-13-19(28)24(32-25)21-14-29-23-7-4-17(27)15-35(21)23/h4-7,12-15,36H,8-11,16H2,1-3H3,(H,30,31,32). The van der Waals surface area contributed by atoms with Crippen LogP contribution in [-0.2, 0) is 0 Å². The van der Waals surface area contributed by atoms with Crippen molar-refractivity contribution in [3.63, 3.8) is 0 Å². The van der Waals surface area contributed by atoms with Crippen LogP contribution >= 0.6 is 0 Å². The zero-order chi connectivity index (χ0) is 26.2. The fourth-order valence-corrected chi connectivity index (χ4v) is 4.51. The molecule has 37 heavy (non-hydrogen) atoms. The lowest BCUT2D eigenvalue weighted by molar-refractivity contribution is 0.0527. The Hall–Kier alpha value is -3.83. The third-order valence-electron chi connectivity index (χ3n) is 6.78. The van der Waals surface area contributed by atoms with Gasteiger partial charge in [-0.3, -0.25) is 9.30 Å². The molecule has 4 heterocycles. The van der Waals surface area contributed by atoms with Crippen LogP contribution < -0.4 is 15.0 Å². The second-order valence-electron chi connectivity index (χ2n) is 9.56. The highest BCUT2D eigenvalue weighted by molar-refractivity contribution is 5.69. The number of piperazine rings is 1. The highest BCUT2D eigenvalue weighted by atomic mass is 19.1. The Morgan fingerprint density at radius 1 is 1.05 bits per heavy atom. The van der Waals surface area contributed by atoms with Crippen LogP contribution in [0.1, 0.15) is 13.8 Å². The number of hydrogen-bond donors (Lipinski definition) is 2. The van der Waals surface area contributed by atoms with Crippen LogP contribution in [-0.4, -0.2) is 74.8 Å². The lowest BCUT2D eigenvalue weighted by Gasteiger charge is -2.44. The number of benzene rings is 1. The van der Waals surface area contributed by atoms with Crippen molar-refractivity contribution >= 4 is 23.0 Å². The van der Waals surface area contributed by atoms with E-state index in [0.717, 1.165) is 38.1 Å². The predicted octanol–water partition coefficient (Wildman–Crippen LogP) is 3.71. The van der Waals surface area contributed by atoms with Gasteiger partial charge in [-0.05, 0) is 38.1 Å². The van der Waals surface area contributed by atoms with Gasteiger partial charge >= 0.3 is 0 Å². The zero-order valence-electron chi connectivity index (χ0n) is 20.9. The Bertz CT molecular complexity index is 1420. The van der Waals surface area contributed by atoms with Gasteiger partial charge in [0.05, 0.1) is 37.5 Å². The Balaban J connectivity index is 1.37. The van der Waals surface area contributed by atoms with Crippen LogP contribution in [0.4, 0.5) is 26.1 Å². The number of aliphatic hydroxyl groups excluding tert-OH is 1. The Kier molecular flexibility index (Phi) is 6.65. The van der Waals surface area contributed by atoms with E-state index in [9.17, 15) is 13.9 Å². The first-order valence-corrected chi connectivity index (χ1v) is 12.0. The molecule has 1 saturated heterocycles. The second kappa shape index (κ2) is 9.91. The van der Waals surface area contributed by atoms with Crippen LogP contribution in [0.2, 0.25) is 0 Å². The first-order valence-electron chi connectivity index (χ1n) is 12.0. The maximum Gasteiger partial charge on any atom is 0.228 e. The number of pyridine rings is 1. The highest BCUT2D eigenvalue weighted by Gasteiger charge is 2.29. The molecule has 0 saturated carbocycles. The summed E-state index contributed by atoms with van der Waals surface area (Å²) < 4.78 is 35.6. The smallest absolute Gasteiger partial charge is 0.228 e. The molecule has 0 amide bonds. The topological polar surface area (TPSA) is 91.0 Å². The van der Waals surface area contributed by atoms with Crippen molar-refractivity contribution in [2.24, 2.45) is 0 Å². The Morgan fingerprint density at radius 2 is 1.84 bits per heavy atom. The van der Waals surface area contributed by atoms with Crippen molar-refractivity contribution in [2.45, 2.75) is 19.4 Å². The monoisotopic (exact) mass is 509 g/mol. The molecule has 0 aliphatic carbocycles. The largest absolute Gasteiger partial charge is 0.494 e. The minimum absolute atomic E-state index is 0.00476. The van der Waals surface area contributed by atoms with E-state index in [1.165, 1.54) is 28.9 Å². The van der Waals surface area contributed by atoms with E-state index in [1.54, 1.807) is 7.11 Å². The molecule has 0 radical (unpaired) electrons. The number of halogens is 2. The molecule has 3 aromatic heterocycles. The van der Waals surface area contributed by atoms with Crippen LogP contribution in [0.25, 0.3) is 17.0 Å². The van der Waals surface area contributed by atoms with Crippen molar-refractivity contribution in [3.8, 4) is 17.1 Å². The fourth-order valence-electron chi connectivity index (χ4n) is 4.51. The first kappa shape index (κ1) is 24.8. The normalized spacial score (nSPS) is 14.8. The molecule has 194 valence electrons. The van der Waals surface area contributed by atoms with Crippen molar-refractivity contribution in [1.29, 1.82) is 0 Å². The van der Waals surface area contributed by atoms with Crippen molar-refractivity contribution in [1.82, 2.24) is 24.3 Å². The number of anilines is 3. The molecular weight excluding hydrogens is 480 g/mol. The number of ether oxygens (including phenoxy) is 1. The summed E-state index contributed by atoms with van der Waals surface area (Å²) in [5.74, 6) is -0.374. The Morgan fingerprint density at radius 3 is 2.57 bits per heavy atom. The molecular formula is C26H29F2N7O2. The molecule has 2 N–H and O–H groups in total. The number of nitrogens with zero attached hydrogens (tertiary/aromatic N) is 6. The van der Waals surface area contributed by atoms with Crippen LogP contribution in [0.15, 0.2) is 48.9 Å². The summed E-state index contributed by atoms with van der Waals surface area (Å²) in [6.45, 7) is 7.53. The summed E-state index contributed by atoms with van der Waals surface area (Å²) in [7, 11) is 1.58. The second-order valence-corrected chi connectivity index (χ2v) is 9.56. The van der Waals surface area contributed by atoms with Gasteiger partial charge in [0.25, 0.3) is 0 Å². The van der Waals surface area contributed by atoms with Gasteiger partial charge < -0.3 is 20.1 Å². The van der Waals surface area contributed by atoms with Crippen LogP contribution in [0, 0.1) is 11.6 Å². The highest BCUT2D eigenvalue weighted by Crippen LogP contribution is 2.33. The lowest BCUT2D eigenvalue weighted by atomic mass is 10.0. The Labute approximate surface area is 213 Å². The van der Waals surface area contributed by atoms with E-state index in [1.807, 2.05) is 32.0 Å². The molecule has 0 spiro atoms. The molecule has 11 heteroatoms. The third kappa shape index (κ3) is 4.92. The van der Waals surface area contributed by atoms with E-state index < -0.39 is 11.6 Å². The van der Waals surface area contributed by atoms with E-state index in [0.29, 0.717) is 22.8 Å². The maximum atomic E-state index is 14.7. The molecule has 1 aromatic carbocycles. The van der Waals surface area contributed by atoms with Crippen molar-refractivity contribution < 1.29 is 18.6 Å². The number of imidazole rings is 1. The quantitative estimate of drug-likeness (QED) is 0.390. The molecule has 9 nitrogen and oxygen atoms in total. The van der Waals surface area contributed by atoms with E-state index in [2.05, 4.69) is 30.1 Å². The molecule has 4 aromatic rings. The summed E-state index contributed by atoms with van der Waals surface area (Å²) in [6.07, 6.45) is 3.75. The maximum absolute atomic E-state index is 14.7. The molecule has 1 aliphatic heterocycles. The summed E-state index contributed by atoms with van der Waals surface area (Å²) in [5.41, 5.74) is 2.16. The SMILES string of the molecule is COc1cc(N2CCN(C(C)(C)CO)CC2)ccc1Nc1ncc(F)c(-c2cnc3ccc(F)cn23)n1. The van der Waals surface area contributed by atoms with Gasteiger partial charge in [-0.25, -0.2) is 23.7 Å². The average Bonchev–Trinajstić information content (AvgIpc) is 3.33. The van der Waals surface area contributed by atoms with Gasteiger partial charge in [0.15, 0.2) is 5.82 Å². The zero-order valence-corrected chi connectivity index (χ0v) is 20.9. The van der Waals surface area contributed by atoms with Crippen molar-refractivity contribution in [3.05, 3.63) is 60.6 Å². The minimum atomic E-state index is -0.651. The van der Waals surface area contributed by atoms with Gasteiger partial charge in [-0.1, -0.05) is 0 Å². The molecule has 0 bridgehead atoms. The number of methoxy groups -OCH3 is 1. The number of aliphatic hydroxyl groups is 1. The minimum Gasteiger partial charge on any atom is -0.494 e. The summed E-state index contributed by atoms with van der Waals surface area (Å²) in [4.78, 5) is 17.2. The molecule has 1 fully saturated rings. The predicted molar refractivity (Wildman–Crippen MR) is 137 cm³/mol. The fraction of sp³-hybridized carbons (Fsp3) is 0.346. The number of hydrogen-bond acceptors (Lipinski definition) is 8. The third-order valence-corrected chi connectivity index (χ3v) is 6.78. The summed E-state index contributed by atoms with van der Waals surface area (Å²) in [5, 5.41) is 12.8. The first-order chi connectivity index (χ1) is 17.8. The number of fused-ring (bicyclic) bond motifs is 1. The average molecular weight is 510 g/mol. The number of rotatable bonds is 7. The molecule has 5 rings (SSSR count). The molecule has 1 aliphatic rings. The summed E-state index contributed by atoms with van der Waals surface area (Å²) in [6, 6.07) is 8.59. The van der Waals surface area contributed by atoms with Gasteiger partial charge in [-0.15, -0.1) is 0 Å². The van der Waals surface area contributed by atoms with Crippen molar-refractivity contribution in [2.75, 3.05) is 50.1 Å². The lowest BCUT2D eigenvalue weighted by Crippen LogP contribution is -2.56. The van der Waals surface area contributed by atoms with Crippen LogP contribution in [0.5, 0.6) is 5.75 Å². The van der Waals surface area contributed by atoms with Gasteiger partial charge in [0.2, 0.25) is 5.95 Å². The van der Waals surface area contributed by atoms with Gasteiger partial charge in [0.1, 0.15) is 22.9 Å².